The zero-order valence-electron chi connectivity index (χ0n) is 11.2. The van der Waals surface area contributed by atoms with Crippen molar-refractivity contribution in [2.45, 2.75) is 25.4 Å². The van der Waals surface area contributed by atoms with Gasteiger partial charge < -0.3 is 10.0 Å². The zero-order chi connectivity index (χ0) is 15.6. The molecule has 0 radical (unpaired) electrons. The maximum Gasteiger partial charge on any atom is 0.418 e. The summed E-state index contributed by atoms with van der Waals surface area (Å²) in [6, 6.07) is 3.87. The molecule has 1 atom stereocenters. The van der Waals surface area contributed by atoms with Crippen LogP contribution < -0.4 is 4.90 Å². The number of benzene rings is 1. The predicted octanol–water partition coefficient (Wildman–Crippen LogP) is 4.16. The Hall–Kier alpha value is -1.24. The van der Waals surface area contributed by atoms with Crippen LogP contribution in [0.5, 0.6) is 0 Å². The van der Waals surface area contributed by atoms with Gasteiger partial charge >= 0.3 is 12.1 Å². The van der Waals surface area contributed by atoms with Crippen LogP contribution in [-0.2, 0) is 11.0 Å². The van der Waals surface area contributed by atoms with Crippen LogP contribution in [0.1, 0.15) is 24.8 Å². The third-order valence-electron chi connectivity index (χ3n) is 3.59. The van der Waals surface area contributed by atoms with Gasteiger partial charge in [0, 0.05) is 24.0 Å². The molecule has 2 rings (SSSR count). The average molecular weight is 366 g/mol. The van der Waals surface area contributed by atoms with Crippen molar-refractivity contribution in [1.82, 2.24) is 0 Å². The zero-order valence-corrected chi connectivity index (χ0v) is 12.7. The first kappa shape index (κ1) is 16.1. The van der Waals surface area contributed by atoms with Crippen LogP contribution in [-0.4, -0.2) is 24.2 Å². The molecule has 1 N–H and O–H groups in total. The van der Waals surface area contributed by atoms with Gasteiger partial charge in [-0.25, -0.2) is 0 Å². The Labute approximate surface area is 128 Å². The minimum atomic E-state index is -4.42. The molecule has 0 aromatic heterocycles. The maximum absolute atomic E-state index is 13.1. The minimum Gasteiger partial charge on any atom is -0.481 e. The molecule has 0 spiro atoms. The highest BCUT2D eigenvalue weighted by atomic mass is 79.9. The van der Waals surface area contributed by atoms with Gasteiger partial charge in [0.1, 0.15) is 0 Å². The van der Waals surface area contributed by atoms with Crippen LogP contribution in [0.4, 0.5) is 18.9 Å². The van der Waals surface area contributed by atoms with Crippen molar-refractivity contribution in [1.29, 1.82) is 0 Å². The fraction of sp³-hybridized carbons (Fsp3) is 0.500. The van der Waals surface area contributed by atoms with Gasteiger partial charge in [-0.1, -0.05) is 15.9 Å². The summed E-state index contributed by atoms with van der Waals surface area (Å²) in [5, 5.41) is 8.84. The molecule has 21 heavy (non-hydrogen) atoms. The first-order valence-corrected chi connectivity index (χ1v) is 7.40. The Bertz CT molecular complexity index is 533. The van der Waals surface area contributed by atoms with Gasteiger partial charge in [-0.15, -0.1) is 0 Å². The number of anilines is 1. The number of piperidine rings is 1. The number of alkyl halides is 3. The smallest absolute Gasteiger partial charge is 0.418 e. The summed E-state index contributed by atoms with van der Waals surface area (Å²) in [4.78, 5) is 12.4. The van der Waals surface area contributed by atoms with E-state index in [1.807, 2.05) is 0 Å². The topological polar surface area (TPSA) is 40.5 Å². The molecule has 7 heteroatoms. The van der Waals surface area contributed by atoms with E-state index in [1.54, 1.807) is 4.90 Å². The van der Waals surface area contributed by atoms with Crippen LogP contribution in [0.3, 0.4) is 0 Å². The van der Waals surface area contributed by atoms with Crippen LogP contribution >= 0.6 is 15.9 Å². The monoisotopic (exact) mass is 365 g/mol. The van der Waals surface area contributed by atoms with Crippen molar-refractivity contribution in [3.05, 3.63) is 28.2 Å². The Kier molecular flexibility index (Phi) is 4.81. The summed E-state index contributed by atoms with van der Waals surface area (Å²) in [5.74, 6) is -1.02. The lowest BCUT2D eigenvalue weighted by atomic mass is 9.94. The maximum atomic E-state index is 13.1. The van der Waals surface area contributed by atoms with E-state index < -0.39 is 17.7 Å². The molecule has 1 heterocycles. The second kappa shape index (κ2) is 6.25. The van der Waals surface area contributed by atoms with Crippen molar-refractivity contribution in [2.75, 3.05) is 18.0 Å². The van der Waals surface area contributed by atoms with Crippen LogP contribution in [0, 0.1) is 5.92 Å². The third-order valence-corrected chi connectivity index (χ3v) is 4.08. The molecule has 1 aromatic carbocycles. The largest absolute Gasteiger partial charge is 0.481 e. The van der Waals surface area contributed by atoms with E-state index in [4.69, 9.17) is 5.11 Å². The van der Waals surface area contributed by atoms with E-state index in [-0.39, 0.29) is 18.0 Å². The molecule has 1 aliphatic rings. The molecule has 1 aliphatic heterocycles. The molecule has 0 bridgehead atoms. The number of carbonyl (C=O) groups is 1. The molecular formula is C14H15BrF3NO2. The molecule has 0 amide bonds. The first-order valence-electron chi connectivity index (χ1n) is 6.61. The van der Waals surface area contributed by atoms with E-state index >= 15 is 0 Å². The molecule has 1 fully saturated rings. The van der Waals surface area contributed by atoms with Gasteiger partial charge in [0.25, 0.3) is 0 Å². The van der Waals surface area contributed by atoms with Crippen molar-refractivity contribution in [3.8, 4) is 0 Å². The number of rotatable bonds is 3. The normalized spacial score (nSPS) is 19.6. The Morgan fingerprint density at radius 1 is 1.43 bits per heavy atom. The van der Waals surface area contributed by atoms with E-state index in [0.717, 1.165) is 12.5 Å². The standard InChI is InChI=1S/C14H15BrF3NO2/c15-10-3-4-11(14(16,17)18)12(7-10)19-5-1-2-9(8-19)6-13(20)21/h3-4,7,9H,1-2,5-6,8H2,(H,20,21). The van der Waals surface area contributed by atoms with Crippen molar-refractivity contribution in [2.24, 2.45) is 5.92 Å². The number of carboxylic acid groups (broad SMARTS) is 1. The van der Waals surface area contributed by atoms with E-state index in [0.29, 0.717) is 24.0 Å². The SMILES string of the molecule is O=C(O)CC1CCCN(c2cc(Br)ccc2C(F)(F)F)C1. The highest BCUT2D eigenvalue weighted by Crippen LogP contribution is 2.39. The molecule has 0 aliphatic carbocycles. The van der Waals surface area contributed by atoms with Crippen molar-refractivity contribution in [3.63, 3.8) is 0 Å². The van der Waals surface area contributed by atoms with E-state index in [9.17, 15) is 18.0 Å². The lowest BCUT2D eigenvalue weighted by molar-refractivity contribution is -0.139. The minimum absolute atomic E-state index is 0.00808. The van der Waals surface area contributed by atoms with Crippen LogP contribution in [0.2, 0.25) is 0 Å². The fourth-order valence-electron chi connectivity index (χ4n) is 2.70. The molecule has 0 saturated carbocycles. The lowest BCUT2D eigenvalue weighted by Crippen LogP contribution is -2.37. The number of halogens is 4. The lowest BCUT2D eigenvalue weighted by Gasteiger charge is -2.35. The van der Waals surface area contributed by atoms with Gasteiger partial charge in [-0.05, 0) is 37.0 Å². The van der Waals surface area contributed by atoms with E-state index in [1.165, 1.54) is 12.1 Å². The number of hydrogen-bond donors (Lipinski definition) is 1. The van der Waals surface area contributed by atoms with Gasteiger partial charge in [0.15, 0.2) is 0 Å². The third kappa shape index (κ3) is 4.12. The fourth-order valence-corrected chi connectivity index (χ4v) is 3.05. The van der Waals surface area contributed by atoms with Crippen LogP contribution in [0.15, 0.2) is 22.7 Å². The summed E-state index contributed by atoms with van der Waals surface area (Å²) >= 11 is 3.20. The summed E-state index contributed by atoms with van der Waals surface area (Å²) in [7, 11) is 0. The first-order chi connectivity index (χ1) is 9.77. The molecule has 3 nitrogen and oxygen atoms in total. The molecule has 1 unspecified atom stereocenters. The summed E-state index contributed by atoms with van der Waals surface area (Å²) in [6.07, 6.45) is -3.00. The second-order valence-electron chi connectivity index (χ2n) is 5.21. The molecule has 1 aromatic rings. The van der Waals surface area contributed by atoms with Gasteiger partial charge in [-0.2, -0.15) is 13.2 Å². The highest BCUT2D eigenvalue weighted by molar-refractivity contribution is 9.10. The number of hydrogen-bond acceptors (Lipinski definition) is 2. The highest BCUT2D eigenvalue weighted by Gasteiger charge is 2.36. The van der Waals surface area contributed by atoms with Gasteiger partial charge in [0.05, 0.1) is 11.3 Å². The number of carboxylic acids is 1. The van der Waals surface area contributed by atoms with Crippen molar-refractivity contribution < 1.29 is 23.1 Å². The average Bonchev–Trinajstić information content (AvgIpc) is 2.36. The summed E-state index contributed by atoms with van der Waals surface area (Å²) in [6.45, 7) is 0.849. The predicted molar refractivity (Wildman–Crippen MR) is 76.3 cm³/mol. The quantitative estimate of drug-likeness (QED) is 0.874. The van der Waals surface area contributed by atoms with Crippen LogP contribution in [0.25, 0.3) is 0 Å². The molecule has 1 saturated heterocycles. The van der Waals surface area contributed by atoms with E-state index in [2.05, 4.69) is 15.9 Å². The van der Waals surface area contributed by atoms with Gasteiger partial charge in [0.2, 0.25) is 0 Å². The van der Waals surface area contributed by atoms with Gasteiger partial charge in [-0.3, -0.25) is 4.79 Å². The molecular weight excluding hydrogens is 351 g/mol. The summed E-state index contributed by atoms with van der Waals surface area (Å²) < 4.78 is 39.9. The Morgan fingerprint density at radius 2 is 2.14 bits per heavy atom. The number of aliphatic carboxylic acids is 1. The number of nitrogens with zero attached hydrogens (tertiary/aromatic N) is 1. The second-order valence-corrected chi connectivity index (χ2v) is 6.13. The Morgan fingerprint density at radius 3 is 2.76 bits per heavy atom. The molecule has 116 valence electrons. The Balaban J connectivity index is 2.28. The summed E-state index contributed by atoms with van der Waals surface area (Å²) in [5.41, 5.74) is -0.561. The van der Waals surface area contributed by atoms with Crippen molar-refractivity contribution >= 4 is 27.6 Å².